The topological polar surface area (TPSA) is 52.3 Å². The highest BCUT2D eigenvalue weighted by atomic mass is 16.5. The highest BCUT2D eigenvalue weighted by Crippen LogP contribution is 2.26. The fourth-order valence-corrected chi connectivity index (χ4v) is 1.98. The first-order chi connectivity index (χ1) is 7.26. The van der Waals surface area contributed by atoms with Gasteiger partial charge in [-0.2, -0.15) is 0 Å². The Kier molecular flexibility index (Phi) is 6.65. The van der Waals surface area contributed by atoms with Crippen LogP contribution in [0.15, 0.2) is 0 Å². The molecule has 0 fully saturated rings. The first-order valence-corrected chi connectivity index (χ1v) is 6.18. The van der Waals surface area contributed by atoms with Crippen LogP contribution in [0.25, 0.3) is 0 Å². The number of hydrogen-bond acceptors (Lipinski definition) is 3. The Labute approximate surface area is 99.7 Å². The van der Waals surface area contributed by atoms with Gasteiger partial charge in [0.05, 0.1) is 6.61 Å². The third-order valence-corrected chi connectivity index (χ3v) is 2.52. The highest BCUT2D eigenvalue weighted by molar-refractivity contribution is 5.75. The second-order valence-corrected chi connectivity index (χ2v) is 5.81. The Balaban J connectivity index is 3.83. The van der Waals surface area contributed by atoms with Gasteiger partial charge >= 0.3 is 5.97 Å². The van der Waals surface area contributed by atoms with E-state index in [0.29, 0.717) is 17.9 Å². The second-order valence-electron chi connectivity index (χ2n) is 5.81. The quantitative estimate of drug-likeness (QED) is 0.712. The molecule has 2 atom stereocenters. The molecule has 3 nitrogen and oxygen atoms in total. The van der Waals surface area contributed by atoms with Crippen molar-refractivity contribution in [3.8, 4) is 0 Å². The Bertz CT molecular complexity index is 208. The molecule has 0 heterocycles. The third kappa shape index (κ3) is 7.69. The predicted octanol–water partition coefficient (Wildman–Crippen LogP) is 2.73. The first kappa shape index (κ1) is 15.4. The highest BCUT2D eigenvalue weighted by Gasteiger charge is 2.19. The van der Waals surface area contributed by atoms with Crippen LogP contribution in [0.2, 0.25) is 0 Å². The molecule has 0 rings (SSSR count). The number of esters is 1. The lowest BCUT2D eigenvalue weighted by atomic mass is 9.83. The summed E-state index contributed by atoms with van der Waals surface area (Å²) in [5.41, 5.74) is 6.08. The van der Waals surface area contributed by atoms with Crippen molar-refractivity contribution >= 4 is 5.97 Å². The number of rotatable bonds is 6. The summed E-state index contributed by atoms with van der Waals surface area (Å²) in [6.07, 6.45) is 2.86. The van der Waals surface area contributed by atoms with Crippen LogP contribution in [0.3, 0.4) is 0 Å². The van der Waals surface area contributed by atoms with Crippen molar-refractivity contribution in [3.63, 3.8) is 0 Å². The zero-order valence-corrected chi connectivity index (χ0v) is 11.4. The maximum Gasteiger partial charge on any atom is 0.322 e. The van der Waals surface area contributed by atoms with Crippen molar-refractivity contribution < 1.29 is 9.53 Å². The molecule has 2 unspecified atom stereocenters. The van der Waals surface area contributed by atoms with Gasteiger partial charge in [-0.05, 0) is 37.5 Å². The number of hydrogen-bond donors (Lipinski definition) is 1. The zero-order valence-electron chi connectivity index (χ0n) is 11.4. The lowest BCUT2D eigenvalue weighted by molar-refractivity contribution is -0.144. The molecule has 0 spiro atoms. The van der Waals surface area contributed by atoms with Gasteiger partial charge in [0.25, 0.3) is 0 Å². The lowest BCUT2D eigenvalue weighted by Gasteiger charge is -2.23. The minimum Gasteiger partial charge on any atom is -0.465 e. The van der Waals surface area contributed by atoms with Crippen LogP contribution in [0, 0.1) is 11.3 Å². The van der Waals surface area contributed by atoms with Crippen LogP contribution in [0.4, 0.5) is 0 Å². The predicted molar refractivity (Wildman–Crippen MR) is 67.1 cm³/mol. The van der Waals surface area contributed by atoms with Gasteiger partial charge in [-0.3, -0.25) is 4.79 Å². The van der Waals surface area contributed by atoms with Crippen LogP contribution in [-0.2, 0) is 9.53 Å². The lowest BCUT2D eigenvalue weighted by Crippen LogP contribution is -2.32. The van der Waals surface area contributed by atoms with E-state index in [2.05, 4.69) is 27.7 Å². The van der Waals surface area contributed by atoms with E-state index < -0.39 is 6.04 Å². The van der Waals surface area contributed by atoms with Crippen molar-refractivity contribution in [2.24, 2.45) is 17.1 Å². The molecular weight excluding hydrogens is 202 g/mol. The molecule has 0 aliphatic carbocycles. The molecule has 0 saturated heterocycles. The van der Waals surface area contributed by atoms with Crippen LogP contribution < -0.4 is 5.73 Å². The summed E-state index contributed by atoms with van der Waals surface area (Å²) in [5.74, 6) is 0.325. The molecule has 0 aromatic rings. The number of ether oxygens (including phenoxy) is 1. The normalized spacial score (nSPS) is 15.6. The van der Waals surface area contributed by atoms with Gasteiger partial charge < -0.3 is 10.5 Å². The average molecular weight is 229 g/mol. The molecule has 16 heavy (non-hydrogen) atoms. The average Bonchev–Trinajstić information content (AvgIpc) is 2.11. The van der Waals surface area contributed by atoms with Crippen LogP contribution in [0.1, 0.15) is 53.9 Å². The Morgan fingerprint density at radius 1 is 1.31 bits per heavy atom. The van der Waals surface area contributed by atoms with Gasteiger partial charge in [0.2, 0.25) is 0 Å². The van der Waals surface area contributed by atoms with E-state index in [1.165, 1.54) is 0 Å². The second kappa shape index (κ2) is 6.89. The summed E-state index contributed by atoms with van der Waals surface area (Å²) < 4.78 is 4.87. The maximum atomic E-state index is 11.3. The molecule has 0 amide bonds. The summed E-state index contributed by atoms with van der Waals surface area (Å²) in [6, 6.07) is -0.456. The van der Waals surface area contributed by atoms with E-state index in [1.54, 1.807) is 6.92 Å². The monoisotopic (exact) mass is 229 g/mol. The summed E-state index contributed by atoms with van der Waals surface area (Å²) in [4.78, 5) is 11.3. The first-order valence-electron chi connectivity index (χ1n) is 6.18. The fraction of sp³-hybridized carbons (Fsp3) is 0.923. The largest absolute Gasteiger partial charge is 0.465 e. The molecule has 0 radical (unpaired) electrons. The van der Waals surface area contributed by atoms with Crippen molar-refractivity contribution in [2.45, 2.75) is 59.9 Å². The van der Waals surface area contributed by atoms with Crippen molar-refractivity contribution in [3.05, 3.63) is 0 Å². The number of carbonyl (C=O) groups is 1. The fourth-order valence-electron chi connectivity index (χ4n) is 1.98. The molecular formula is C13H27NO2. The van der Waals surface area contributed by atoms with Crippen LogP contribution in [-0.4, -0.2) is 18.6 Å². The molecule has 0 aliphatic heterocycles. The number of carbonyl (C=O) groups excluding carboxylic acids is 1. The van der Waals surface area contributed by atoms with E-state index in [-0.39, 0.29) is 5.97 Å². The van der Waals surface area contributed by atoms with Gasteiger partial charge in [0.15, 0.2) is 0 Å². The van der Waals surface area contributed by atoms with E-state index in [1.807, 2.05) is 0 Å². The molecule has 0 aromatic carbocycles. The van der Waals surface area contributed by atoms with Gasteiger partial charge in [0.1, 0.15) is 6.04 Å². The Morgan fingerprint density at radius 3 is 2.31 bits per heavy atom. The van der Waals surface area contributed by atoms with Crippen LogP contribution >= 0.6 is 0 Å². The summed E-state index contributed by atoms with van der Waals surface area (Å²) in [5, 5.41) is 0. The summed E-state index contributed by atoms with van der Waals surface area (Å²) in [7, 11) is 0. The third-order valence-electron chi connectivity index (χ3n) is 2.52. The standard InChI is InChI=1S/C13H27NO2/c1-6-16-12(15)11(14)8-7-10(2)9-13(3,4)5/h10-11H,6-9,14H2,1-5H3. The van der Waals surface area contributed by atoms with Crippen molar-refractivity contribution in [1.82, 2.24) is 0 Å². The van der Waals surface area contributed by atoms with Crippen LogP contribution in [0.5, 0.6) is 0 Å². The minimum atomic E-state index is -0.456. The SMILES string of the molecule is CCOC(=O)C(N)CCC(C)CC(C)(C)C. The zero-order chi connectivity index (χ0) is 12.8. The molecule has 0 bridgehead atoms. The summed E-state index contributed by atoms with van der Waals surface area (Å²) >= 11 is 0. The molecule has 0 saturated carbocycles. The Hall–Kier alpha value is -0.570. The molecule has 96 valence electrons. The molecule has 0 aliphatic rings. The van der Waals surface area contributed by atoms with Gasteiger partial charge in [0, 0.05) is 0 Å². The smallest absolute Gasteiger partial charge is 0.322 e. The number of nitrogens with two attached hydrogens (primary N) is 1. The maximum absolute atomic E-state index is 11.3. The van der Waals surface area contributed by atoms with Gasteiger partial charge in [-0.1, -0.05) is 27.7 Å². The minimum absolute atomic E-state index is 0.273. The molecule has 0 aromatic heterocycles. The van der Waals surface area contributed by atoms with E-state index in [4.69, 9.17) is 10.5 Å². The Morgan fingerprint density at radius 2 is 1.88 bits per heavy atom. The molecule has 2 N–H and O–H groups in total. The van der Waals surface area contributed by atoms with E-state index >= 15 is 0 Å². The van der Waals surface area contributed by atoms with E-state index in [0.717, 1.165) is 19.3 Å². The van der Waals surface area contributed by atoms with E-state index in [9.17, 15) is 4.79 Å². The molecule has 3 heteroatoms. The van der Waals surface area contributed by atoms with Gasteiger partial charge in [-0.15, -0.1) is 0 Å². The van der Waals surface area contributed by atoms with Gasteiger partial charge in [-0.25, -0.2) is 0 Å². The van der Waals surface area contributed by atoms with Crippen molar-refractivity contribution in [2.75, 3.05) is 6.61 Å². The summed E-state index contributed by atoms with van der Waals surface area (Å²) in [6.45, 7) is 11.1. The van der Waals surface area contributed by atoms with Crippen molar-refractivity contribution in [1.29, 1.82) is 0 Å².